The number of piperidine rings is 1. The van der Waals surface area contributed by atoms with Crippen molar-refractivity contribution in [3.05, 3.63) is 0 Å². The van der Waals surface area contributed by atoms with Gasteiger partial charge in [-0.15, -0.1) is 0 Å². The first-order valence-corrected chi connectivity index (χ1v) is 13.6. The van der Waals surface area contributed by atoms with Gasteiger partial charge >= 0.3 is 0 Å². The Bertz CT molecular complexity index is 685. The van der Waals surface area contributed by atoms with Gasteiger partial charge in [-0.25, -0.2) is 0 Å². The van der Waals surface area contributed by atoms with E-state index in [1.807, 2.05) is 28.5 Å². The Morgan fingerprint density at radius 3 is 2.12 bits per heavy atom. The number of hydrogen-bond donors (Lipinski definition) is 1. The average Bonchev–Trinajstić information content (AvgIpc) is 2.78. The van der Waals surface area contributed by atoms with Gasteiger partial charge in [0.15, 0.2) is 0 Å². The Labute approximate surface area is 208 Å². The van der Waals surface area contributed by atoms with Crippen molar-refractivity contribution in [1.82, 2.24) is 20.0 Å². The minimum Gasteiger partial charge on any atom is -0.341 e. The lowest BCUT2D eigenvalue weighted by molar-refractivity contribution is -0.151. The summed E-state index contributed by atoms with van der Waals surface area (Å²) in [5.41, 5.74) is 0. The molecule has 2 fully saturated rings. The maximum Gasteiger partial charge on any atom is 0.245 e. The molecule has 2 heterocycles. The highest BCUT2D eigenvalue weighted by atomic mass is 16.2. The van der Waals surface area contributed by atoms with Crippen LogP contribution in [0.2, 0.25) is 0 Å². The molecule has 2 aliphatic heterocycles. The summed E-state index contributed by atoms with van der Waals surface area (Å²) < 4.78 is 0. The second-order valence-corrected chi connectivity index (χ2v) is 11.5. The summed E-state index contributed by atoms with van der Waals surface area (Å²) in [5, 5.41) is 3.36. The molecular weight excluding hydrogens is 428 g/mol. The first kappa shape index (κ1) is 28.6. The molecule has 1 N–H and O–H groups in total. The van der Waals surface area contributed by atoms with E-state index < -0.39 is 6.04 Å². The van der Waals surface area contributed by atoms with E-state index in [2.05, 4.69) is 46.9 Å². The summed E-state index contributed by atoms with van der Waals surface area (Å²) in [6, 6.07) is -0.387. The lowest BCUT2D eigenvalue weighted by atomic mass is 9.84. The number of hydrogen-bond acceptors (Lipinski definition) is 4. The van der Waals surface area contributed by atoms with Crippen LogP contribution in [0.5, 0.6) is 0 Å². The van der Waals surface area contributed by atoms with Gasteiger partial charge in [0.1, 0.15) is 6.04 Å². The van der Waals surface area contributed by atoms with Crippen LogP contribution in [0, 0.1) is 23.7 Å². The summed E-state index contributed by atoms with van der Waals surface area (Å²) >= 11 is 0. The van der Waals surface area contributed by atoms with Gasteiger partial charge in [0.05, 0.1) is 6.04 Å². The molecule has 7 heteroatoms. The normalized spacial score (nSPS) is 22.0. The summed E-state index contributed by atoms with van der Waals surface area (Å²) in [6.07, 6.45) is 3.16. The molecule has 0 spiro atoms. The van der Waals surface area contributed by atoms with E-state index in [4.69, 9.17) is 0 Å². The van der Waals surface area contributed by atoms with Gasteiger partial charge in [0, 0.05) is 44.7 Å². The molecule has 34 heavy (non-hydrogen) atoms. The van der Waals surface area contributed by atoms with Crippen molar-refractivity contribution in [2.45, 2.75) is 99.2 Å². The average molecular weight is 479 g/mol. The van der Waals surface area contributed by atoms with Crippen LogP contribution in [0.4, 0.5) is 0 Å². The third-order valence-corrected chi connectivity index (χ3v) is 7.58. The summed E-state index contributed by atoms with van der Waals surface area (Å²) in [5.74, 6) is 1.39. The van der Waals surface area contributed by atoms with E-state index in [0.717, 1.165) is 32.4 Å². The fourth-order valence-electron chi connectivity index (χ4n) is 5.60. The molecule has 3 atom stereocenters. The molecule has 0 aromatic heterocycles. The summed E-state index contributed by atoms with van der Waals surface area (Å²) in [6.45, 7) is 20.1. The van der Waals surface area contributed by atoms with E-state index >= 15 is 0 Å². The Morgan fingerprint density at radius 2 is 1.62 bits per heavy atom. The van der Waals surface area contributed by atoms with Crippen LogP contribution < -0.4 is 5.32 Å². The standard InChI is InChI=1S/C27H50N4O3/c1-9-30(20(6)7)25(32)21(8)22-10-13-29(14-11-22)27(34)24(17-19(4)5)31-15-12-28-23(26(31)33)16-18(2)3/h18-24,28H,9-17H2,1-8H3/t21?,23-,24-/m0/s1. The number of carbonyl (C=O) groups is 3. The second-order valence-electron chi connectivity index (χ2n) is 11.5. The molecule has 2 saturated heterocycles. The molecule has 0 saturated carbocycles. The van der Waals surface area contributed by atoms with Gasteiger partial charge in [0.2, 0.25) is 17.7 Å². The van der Waals surface area contributed by atoms with Crippen molar-refractivity contribution in [3.63, 3.8) is 0 Å². The van der Waals surface area contributed by atoms with Gasteiger partial charge in [-0.2, -0.15) is 0 Å². The highest BCUT2D eigenvalue weighted by Crippen LogP contribution is 2.29. The molecule has 0 aromatic carbocycles. The molecule has 1 unspecified atom stereocenters. The van der Waals surface area contributed by atoms with E-state index in [-0.39, 0.29) is 35.7 Å². The van der Waals surface area contributed by atoms with E-state index in [9.17, 15) is 14.4 Å². The maximum absolute atomic E-state index is 13.7. The number of carbonyl (C=O) groups excluding carboxylic acids is 3. The van der Waals surface area contributed by atoms with Gasteiger partial charge in [-0.3, -0.25) is 14.4 Å². The minimum absolute atomic E-state index is 0.0300. The number of amides is 3. The second kappa shape index (κ2) is 12.9. The summed E-state index contributed by atoms with van der Waals surface area (Å²) in [7, 11) is 0. The SMILES string of the molecule is CCN(C(=O)C(C)C1CCN(C(=O)[C@H](CC(C)C)N2CCN[C@@H](CC(C)C)C2=O)CC1)C(C)C. The molecule has 3 amide bonds. The highest BCUT2D eigenvalue weighted by Gasteiger charge is 2.40. The largest absolute Gasteiger partial charge is 0.341 e. The zero-order chi connectivity index (χ0) is 25.6. The van der Waals surface area contributed by atoms with Crippen LogP contribution in [0.1, 0.15) is 81.1 Å². The molecule has 0 radical (unpaired) electrons. The van der Waals surface area contributed by atoms with Crippen LogP contribution in [0.3, 0.4) is 0 Å². The molecule has 0 aliphatic carbocycles. The first-order chi connectivity index (χ1) is 16.0. The van der Waals surface area contributed by atoms with Gasteiger partial charge in [-0.1, -0.05) is 34.6 Å². The lowest BCUT2D eigenvalue weighted by Crippen LogP contribution is -2.62. The van der Waals surface area contributed by atoms with E-state index in [1.165, 1.54) is 0 Å². The fraction of sp³-hybridized carbons (Fsp3) is 0.889. The van der Waals surface area contributed by atoms with Crippen molar-refractivity contribution in [3.8, 4) is 0 Å². The Morgan fingerprint density at radius 1 is 1.00 bits per heavy atom. The molecule has 0 bridgehead atoms. The quantitative estimate of drug-likeness (QED) is 0.522. The molecule has 2 aliphatic rings. The van der Waals surface area contributed by atoms with Crippen LogP contribution in [0.15, 0.2) is 0 Å². The predicted molar refractivity (Wildman–Crippen MR) is 137 cm³/mol. The third-order valence-electron chi connectivity index (χ3n) is 7.58. The van der Waals surface area contributed by atoms with Crippen molar-refractivity contribution >= 4 is 17.7 Å². The molecule has 7 nitrogen and oxygen atoms in total. The lowest BCUT2D eigenvalue weighted by Gasteiger charge is -2.42. The number of piperazine rings is 1. The van der Waals surface area contributed by atoms with Crippen molar-refractivity contribution in [1.29, 1.82) is 0 Å². The van der Waals surface area contributed by atoms with E-state index in [0.29, 0.717) is 43.8 Å². The fourth-order valence-corrected chi connectivity index (χ4v) is 5.60. The van der Waals surface area contributed by atoms with Crippen LogP contribution in [0.25, 0.3) is 0 Å². The zero-order valence-corrected chi connectivity index (χ0v) is 23.0. The van der Waals surface area contributed by atoms with Crippen molar-refractivity contribution in [2.24, 2.45) is 23.7 Å². The number of rotatable bonds is 10. The van der Waals surface area contributed by atoms with Gasteiger partial charge < -0.3 is 20.0 Å². The molecular formula is C27H50N4O3. The Balaban J connectivity index is 2.06. The Kier molecular flexibility index (Phi) is 10.8. The molecule has 0 aromatic rings. The van der Waals surface area contributed by atoms with Crippen LogP contribution in [-0.4, -0.2) is 83.3 Å². The minimum atomic E-state index is -0.392. The van der Waals surface area contributed by atoms with Crippen LogP contribution >= 0.6 is 0 Å². The van der Waals surface area contributed by atoms with Gasteiger partial charge in [-0.05, 0) is 64.2 Å². The summed E-state index contributed by atoms with van der Waals surface area (Å²) in [4.78, 5) is 45.7. The third kappa shape index (κ3) is 7.19. The molecule has 2 rings (SSSR count). The first-order valence-electron chi connectivity index (χ1n) is 13.6. The Hall–Kier alpha value is -1.63. The monoisotopic (exact) mass is 478 g/mol. The molecule has 196 valence electrons. The smallest absolute Gasteiger partial charge is 0.245 e. The number of nitrogens with one attached hydrogen (secondary N) is 1. The van der Waals surface area contributed by atoms with Gasteiger partial charge in [0.25, 0.3) is 0 Å². The number of likely N-dealkylation sites (tertiary alicyclic amines) is 1. The van der Waals surface area contributed by atoms with Crippen molar-refractivity contribution < 1.29 is 14.4 Å². The topological polar surface area (TPSA) is 73.0 Å². The highest BCUT2D eigenvalue weighted by molar-refractivity contribution is 5.90. The number of nitrogens with zero attached hydrogens (tertiary/aromatic N) is 3. The zero-order valence-electron chi connectivity index (χ0n) is 23.0. The van der Waals surface area contributed by atoms with Crippen molar-refractivity contribution in [2.75, 3.05) is 32.7 Å². The van der Waals surface area contributed by atoms with Crippen LogP contribution in [-0.2, 0) is 14.4 Å². The predicted octanol–water partition coefficient (Wildman–Crippen LogP) is 3.38. The maximum atomic E-state index is 13.7. The van der Waals surface area contributed by atoms with E-state index in [1.54, 1.807) is 0 Å².